The third-order valence-electron chi connectivity index (χ3n) is 3.37. The molecule has 0 amide bonds. The Morgan fingerprint density at radius 3 is 2.89 bits per heavy atom. The number of hydrogen-bond acceptors (Lipinski definition) is 1. The third-order valence-corrected chi connectivity index (χ3v) is 4.64. The first-order valence-electron chi connectivity index (χ1n) is 7.22. The van der Waals surface area contributed by atoms with Crippen LogP contribution in [0, 0.1) is 5.92 Å². The monoisotopic (exact) mass is 264 g/mol. The summed E-state index contributed by atoms with van der Waals surface area (Å²) in [5, 5.41) is 1.42. The van der Waals surface area contributed by atoms with E-state index in [1.807, 2.05) is 0 Å². The molecule has 1 aliphatic rings. The van der Waals surface area contributed by atoms with Gasteiger partial charge in [-0.1, -0.05) is 42.9 Å². The van der Waals surface area contributed by atoms with Gasteiger partial charge in [0, 0.05) is 10.5 Å². The zero-order valence-electron chi connectivity index (χ0n) is 12.4. The maximum absolute atomic E-state index is 2.46. The lowest BCUT2D eigenvalue weighted by Gasteiger charge is -2.14. The minimum absolute atomic E-state index is 0.653. The fraction of sp³-hybridized carbons (Fsp3) is 0.647. The summed E-state index contributed by atoms with van der Waals surface area (Å²) in [6, 6.07) is 0. The number of allylic oxidation sites excluding steroid dienone is 5. The second kappa shape index (κ2) is 8.63. The van der Waals surface area contributed by atoms with Crippen LogP contribution in [0.3, 0.4) is 0 Å². The molecule has 0 bridgehead atoms. The summed E-state index contributed by atoms with van der Waals surface area (Å²) < 4.78 is 0. The Morgan fingerprint density at radius 1 is 1.39 bits per heavy atom. The molecule has 0 saturated heterocycles. The Morgan fingerprint density at radius 2 is 2.17 bits per heavy atom. The van der Waals surface area contributed by atoms with Crippen LogP contribution in [0.4, 0.5) is 0 Å². The normalized spacial score (nSPS) is 35.8. The average Bonchev–Trinajstić information content (AvgIpc) is 2.32. The standard InChI is InChI=1S/C17H28S/c1-5-6-10-17-11-8-7-9-15(3)18-16(4)12-14(2)13-17/h5-6,8,11-12,15-17H,7,9-10,13H2,1-4H3/b6-5-,11-8-,14-12-. The summed E-state index contributed by atoms with van der Waals surface area (Å²) in [6.45, 7) is 9.08. The fourth-order valence-electron chi connectivity index (χ4n) is 2.52. The van der Waals surface area contributed by atoms with E-state index in [-0.39, 0.29) is 0 Å². The molecule has 0 aliphatic carbocycles. The maximum Gasteiger partial charge on any atom is 0.0203 e. The minimum atomic E-state index is 0.653. The van der Waals surface area contributed by atoms with E-state index in [0.29, 0.717) is 11.2 Å². The van der Waals surface area contributed by atoms with Crippen molar-refractivity contribution in [2.75, 3.05) is 0 Å². The molecule has 0 spiro atoms. The molecule has 1 rings (SSSR count). The molecule has 0 aromatic rings. The van der Waals surface area contributed by atoms with Crippen LogP contribution in [0.2, 0.25) is 0 Å². The van der Waals surface area contributed by atoms with E-state index in [0.717, 1.165) is 5.25 Å². The van der Waals surface area contributed by atoms with Crippen molar-refractivity contribution in [3.8, 4) is 0 Å². The zero-order valence-corrected chi connectivity index (χ0v) is 13.2. The molecule has 0 fully saturated rings. The largest absolute Gasteiger partial charge is 0.152 e. The second-order valence-electron chi connectivity index (χ2n) is 5.44. The molecular weight excluding hydrogens is 236 g/mol. The summed E-state index contributed by atoms with van der Waals surface area (Å²) in [5.74, 6) is 0.683. The van der Waals surface area contributed by atoms with Crippen molar-refractivity contribution in [3.05, 3.63) is 36.0 Å². The molecule has 18 heavy (non-hydrogen) atoms. The molecule has 0 nitrogen and oxygen atoms in total. The average molecular weight is 264 g/mol. The lowest BCUT2D eigenvalue weighted by atomic mass is 9.95. The summed E-state index contributed by atoms with van der Waals surface area (Å²) in [7, 11) is 0. The summed E-state index contributed by atoms with van der Waals surface area (Å²) >= 11 is 2.11. The minimum Gasteiger partial charge on any atom is -0.152 e. The molecule has 3 atom stereocenters. The molecule has 102 valence electrons. The van der Waals surface area contributed by atoms with E-state index in [9.17, 15) is 0 Å². The quantitative estimate of drug-likeness (QED) is 0.571. The van der Waals surface area contributed by atoms with Crippen LogP contribution in [-0.4, -0.2) is 10.5 Å². The van der Waals surface area contributed by atoms with Crippen LogP contribution in [0.1, 0.15) is 53.4 Å². The molecule has 1 aliphatic heterocycles. The molecule has 0 N–H and O–H groups in total. The van der Waals surface area contributed by atoms with Crippen molar-refractivity contribution in [2.45, 2.75) is 63.9 Å². The van der Waals surface area contributed by atoms with Gasteiger partial charge < -0.3 is 0 Å². The van der Waals surface area contributed by atoms with Crippen molar-refractivity contribution in [1.29, 1.82) is 0 Å². The Bertz CT molecular complexity index is 312. The number of hydrogen-bond donors (Lipinski definition) is 0. The zero-order chi connectivity index (χ0) is 13.4. The van der Waals surface area contributed by atoms with Crippen LogP contribution in [0.15, 0.2) is 36.0 Å². The van der Waals surface area contributed by atoms with Crippen molar-refractivity contribution in [1.82, 2.24) is 0 Å². The topological polar surface area (TPSA) is 0 Å². The molecule has 0 aromatic heterocycles. The van der Waals surface area contributed by atoms with Gasteiger partial charge in [0.05, 0.1) is 0 Å². The molecule has 0 saturated carbocycles. The van der Waals surface area contributed by atoms with Gasteiger partial charge in [0.1, 0.15) is 0 Å². The summed E-state index contributed by atoms with van der Waals surface area (Å²) in [6.07, 6.45) is 16.7. The Kier molecular flexibility index (Phi) is 7.50. The smallest absolute Gasteiger partial charge is 0.0203 e. The molecule has 3 unspecified atom stereocenters. The van der Waals surface area contributed by atoms with E-state index < -0.39 is 0 Å². The third kappa shape index (κ3) is 6.49. The molecule has 1 heteroatoms. The van der Waals surface area contributed by atoms with Crippen LogP contribution in [0.25, 0.3) is 0 Å². The van der Waals surface area contributed by atoms with Crippen molar-refractivity contribution in [2.24, 2.45) is 5.92 Å². The highest BCUT2D eigenvalue weighted by atomic mass is 32.2. The highest BCUT2D eigenvalue weighted by molar-refractivity contribution is 8.00. The van der Waals surface area contributed by atoms with E-state index >= 15 is 0 Å². The SMILES string of the molecule is C/C=C\CC1/C=C\CCC(C)SC(C)/C=C(/C)C1. The van der Waals surface area contributed by atoms with Crippen molar-refractivity contribution >= 4 is 11.8 Å². The molecular formula is C17H28S. The molecule has 1 heterocycles. The number of thioether (sulfide) groups is 1. The van der Waals surface area contributed by atoms with Crippen LogP contribution in [-0.2, 0) is 0 Å². The first kappa shape index (κ1) is 15.6. The van der Waals surface area contributed by atoms with Crippen LogP contribution >= 0.6 is 11.8 Å². The number of rotatable bonds is 2. The van der Waals surface area contributed by atoms with E-state index in [2.05, 4.69) is 69.8 Å². The van der Waals surface area contributed by atoms with Crippen molar-refractivity contribution in [3.63, 3.8) is 0 Å². The Balaban J connectivity index is 2.72. The Hall–Kier alpha value is -0.430. The first-order valence-corrected chi connectivity index (χ1v) is 8.16. The maximum atomic E-state index is 2.46. The highest BCUT2D eigenvalue weighted by Gasteiger charge is 2.10. The van der Waals surface area contributed by atoms with E-state index in [4.69, 9.17) is 0 Å². The van der Waals surface area contributed by atoms with Gasteiger partial charge in [0.2, 0.25) is 0 Å². The van der Waals surface area contributed by atoms with Gasteiger partial charge in [-0.15, -0.1) is 0 Å². The predicted octanol–water partition coefficient (Wildman–Crippen LogP) is 5.77. The van der Waals surface area contributed by atoms with E-state index in [1.54, 1.807) is 5.57 Å². The Labute approximate surface area is 118 Å². The van der Waals surface area contributed by atoms with Gasteiger partial charge in [-0.2, -0.15) is 11.8 Å². The summed E-state index contributed by atoms with van der Waals surface area (Å²) in [4.78, 5) is 0. The lowest BCUT2D eigenvalue weighted by Crippen LogP contribution is -2.03. The lowest BCUT2D eigenvalue weighted by molar-refractivity contribution is 0.648. The first-order chi connectivity index (χ1) is 8.61. The van der Waals surface area contributed by atoms with Gasteiger partial charge in [0.25, 0.3) is 0 Å². The van der Waals surface area contributed by atoms with Crippen LogP contribution < -0.4 is 0 Å². The molecule has 0 aromatic carbocycles. The van der Waals surface area contributed by atoms with Gasteiger partial charge >= 0.3 is 0 Å². The van der Waals surface area contributed by atoms with Crippen LogP contribution in [0.5, 0.6) is 0 Å². The van der Waals surface area contributed by atoms with Crippen molar-refractivity contribution < 1.29 is 0 Å². The molecule has 0 radical (unpaired) electrons. The second-order valence-corrected chi connectivity index (χ2v) is 7.26. The van der Waals surface area contributed by atoms with E-state index in [1.165, 1.54) is 25.7 Å². The van der Waals surface area contributed by atoms with Gasteiger partial charge in [-0.05, 0) is 52.4 Å². The van der Waals surface area contributed by atoms with Gasteiger partial charge in [-0.25, -0.2) is 0 Å². The highest BCUT2D eigenvalue weighted by Crippen LogP contribution is 2.27. The van der Waals surface area contributed by atoms with Gasteiger partial charge in [-0.3, -0.25) is 0 Å². The fourth-order valence-corrected chi connectivity index (χ4v) is 3.83. The van der Waals surface area contributed by atoms with Gasteiger partial charge in [0.15, 0.2) is 0 Å². The summed E-state index contributed by atoms with van der Waals surface area (Å²) in [5.41, 5.74) is 1.54. The predicted molar refractivity (Wildman–Crippen MR) is 86.2 cm³/mol.